The van der Waals surface area contributed by atoms with Gasteiger partial charge in [0.1, 0.15) is 11.5 Å². The summed E-state index contributed by atoms with van der Waals surface area (Å²) in [7, 11) is 0. The lowest BCUT2D eigenvalue weighted by atomic mass is 10.1. The zero-order valence-corrected chi connectivity index (χ0v) is 10.4. The van der Waals surface area contributed by atoms with Crippen molar-refractivity contribution in [1.29, 1.82) is 0 Å². The Morgan fingerprint density at radius 3 is 2.61 bits per heavy atom. The Labute approximate surface area is 106 Å². The third kappa shape index (κ3) is 2.12. The molecule has 1 saturated heterocycles. The third-order valence-corrected chi connectivity index (χ3v) is 4.50. The van der Waals surface area contributed by atoms with Gasteiger partial charge in [-0.05, 0) is 6.92 Å². The number of hydrogen-bond donors (Lipinski definition) is 4. The molecule has 1 aromatic rings. The summed E-state index contributed by atoms with van der Waals surface area (Å²) in [5.41, 5.74) is -0.787. The van der Waals surface area contributed by atoms with Gasteiger partial charge in [-0.15, -0.1) is 11.8 Å². The van der Waals surface area contributed by atoms with E-state index in [-0.39, 0.29) is 6.61 Å². The maximum Gasteiger partial charge on any atom is 0.329 e. The highest BCUT2D eigenvalue weighted by Crippen LogP contribution is 2.40. The maximum atomic E-state index is 11.7. The largest absolute Gasteiger partial charge is 0.395 e. The molecule has 0 bridgehead atoms. The molecule has 2 rings (SSSR count). The first-order valence-electron chi connectivity index (χ1n) is 5.40. The fourth-order valence-electron chi connectivity index (χ4n) is 1.88. The van der Waals surface area contributed by atoms with Gasteiger partial charge in [0, 0.05) is 11.8 Å². The lowest BCUT2D eigenvalue weighted by Gasteiger charge is -2.17. The first kappa shape index (κ1) is 13.3. The smallest absolute Gasteiger partial charge is 0.329 e. The van der Waals surface area contributed by atoms with Crippen LogP contribution in [0.1, 0.15) is 10.9 Å². The second-order valence-corrected chi connectivity index (χ2v) is 5.57. The number of aliphatic hydroxyl groups is 3. The van der Waals surface area contributed by atoms with Crippen molar-refractivity contribution in [3.05, 3.63) is 32.6 Å². The second kappa shape index (κ2) is 4.88. The normalized spacial score (nSPS) is 31.8. The molecule has 4 N–H and O–H groups in total. The Morgan fingerprint density at radius 2 is 2.06 bits per heavy atom. The Morgan fingerprint density at radius 1 is 1.39 bits per heavy atom. The predicted octanol–water partition coefficient (Wildman–Crippen LogP) is -1.83. The number of nitrogens with one attached hydrogen (secondary N) is 1. The van der Waals surface area contributed by atoms with E-state index in [1.807, 2.05) is 0 Å². The number of hydrogen-bond acceptors (Lipinski definition) is 6. The number of aliphatic hydroxyl groups excluding tert-OH is 3. The molecule has 0 saturated carbocycles. The minimum atomic E-state index is -1.17. The summed E-state index contributed by atoms with van der Waals surface area (Å²) in [4.78, 5) is 25.0. The van der Waals surface area contributed by atoms with E-state index in [1.165, 1.54) is 10.8 Å². The number of aromatic amines is 1. The van der Waals surface area contributed by atoms with Crippen molar-refractivity contribution >= 4 is 11.8 Å². The van der Waals surface area contributed by atoms with E-state index in [2.05, 4.69) is 4.98 Å². The molecule has 0 unspecified atom stereocenters. The molecule has 1 aliphatic heterocycles. The van der Waals surface area contributed by atoms with E-state index in [1.54, 1.807) is 6.92 Å². The van der Waals surface area contributed by atoms with Crippen LogP contribution in [0, 0.1) is 6.92 Å². The van der Waals surface area contributed by atoms with Gasteiger partial charge in [-0.2, -0.15) is 0 Å². The molecule has 1 fully saturated rings. The van der Waals surface area contributed by atoms with E-state index in [4.69, 9.17) is 5.11 Å². The summed E-state index contributed by atoms with van der Waals surface area (Å²) in [6.07, 6.45) is -0.937. The van der Waals surface area contributed by atoms with Crippen molar-refractivity contribution in [2.24, 2.45) is 0 Å². The molecule has 0 spiro atoms. The zero-order chi connectivity index (χ0) is 13.4. The van der Waals surface area contributed by atoms with Crippen molar-refractivity contribution in [3.8, 4) is 0 Å². The molecule has 1 aromatic heterocycles. The van der Waals surface area contributed by atoms with Crippen LogP contribution in [0.25, 0.3) is 0 Å². The summed E-state index contributed by atoms with van der Waals surface area (Å²) in [5, 5.41) is 27.3. The van der Waals surface area contributed by atoms with Crippen LogP contribution >= 0.6 is 11.8 Å². The van der Waals surface area contributed by atoms with Crippen LogP contribution in [-0.2, 0) is 0 Å². The number of H-pyrrole nitrogens is 1. The zero-order valence-electron chi connectivity index (χ0n) is 9.61. The van der Waals surface area contributed by atoms with E-state index in [0.717, 1.165) is 11.8 Å². The first-order valence-corrected chi connectivity index (χ1v) is 6.34. The van der Waals surface area contributed by atoms with Gasteiger partial charge in [0.2, 0.25) is 0 Å². The number of nitrogens with zero attached hydrogens (tertiary/aromatic N) is 1. The molecular weight excluding hydrogens is 260 g/mol. The quantitative estimate of drug-likeness (QED) is 0.504. The van der Waals surface area contributed by atoms with Crippen LogP contribution in [0.2, 0.25) is 0 Å². The van der Waals surface area contributed by atoms with Crippen molar-refractivity contribution < 1.29 is 15.3 Å². The van der Waals surface area contributed by atoms with Crippen molar-refractivity contribution in [3.63, 3.8) is 0 Å². The molecule has 0 aliphatic carbocycles. The fraction of sp³-hybridized carbons (Fsp3) is 0.600. The van der Waals surface area contributed by atoms with Crippen LogP contribution in [0.3, 0.4) is 0 Å². The van der Waals surface area contributed by atoms with Gasteiger partial charge >= 0.3 is 5.69 Å². The molecule has 4 atom stereocenters. The Balaban J connectivity index is 2.42. The average molecular weight is 274 g/mol. The number of rotatable bonds is 2. The molecule has 0 amide bonds. The van der Waals surface area contributed by atoms with E-state index in [0.29, 0.717) is 5.56 Å². The molecule has 0 aromatic carbocycles. The second-order valence-electron chi connectivity index (χ2n) is 4.21. The predicted molar refractivity (Wildman–Crippen MR) is 65.6 cm³/mol. The van der Waals surface area contributed by atoms with Gasteiger partial charge in [0.25, 0.3) is 5.56 Å². The summed E-state index contributed by atoms with van der Waals surface area (Å²) in [6.45, 7) is 1.25. The Bertz CT molecular complexity index is 554. The maximum absolute atomic E-state index is 11.7. The van der Waals surface area contributed by atoms with Crippen molar-refractivity contribution in [2.45, 2.75) is 29.8 Å². The molecular formula is C10H14N2O5S. The molecule has 8 heteroatoms. The van der Waals surface area contributed by atoms with Crippen molar-refractivity contribution in [2.75, 3.05) is 6.61 Å². The average Bonchev–Trinajstić information content (AvgIpc) is 2.61. The van der Waals surface area contributed by atoms with Crippen LogP contribution in [-0.4, -0.2) is 48.9 Å². The van der Waals surface area contributed by atoms with Crippen LogP contribution in [0.5, 0.6) is 0 Å². The van der Waals surface area contributed by atoms with Gasteiger partial charge in [0.15, 0.2) is 0 Å². The molecule has 2 heterocycles. The minimum absolute atomic E-state index is 0.295. The fourth-order valence-corrected chi connectivity index (χ4v) is 3.26. The molecule has 0 radical (unpaired) electrons. The standard InChI is InChI=1S/C10H14N2O5S/c1-4-2-12(10(17)11-8(4)16)9-7(15)6(14)5(3-13)18-9/h2,5-7,9,13-15H,3H2,1H3,(H,11,16,17)/t5-,6-,7+,9+/m0/s1. The Hall–Kier alpha value is -1.09. The number of aryl methyl sites for hydroxylation is 1. The van der Waals surface area contributed by atoms with Crippen LogP contribution in [0.15, 0.2) is 15.8 Å². The topological polar surface area (TPSA) is 116 Å². The summed E-state index contributed by atoms with van der Waals surface area (Å²) in [5.74, 6) is 0. The van der Waals surface area contributed by atoms with Gasteiger partial charge in [-0.25, -0.2) is 4.79 Å². The van der Waals surface area contributed by atoms with Gasteiger partial charge in [-0.3, -0.25) is 14.3 Å². The highest BCUT2D eigenvalue weighted by molar-refractivity contribution is 8.00. The minimum Gasteiger partial charge on any atom is -0.395 e. The molecule has 1 aliphatic rings. The lowest BCUT2D eigenvalue weighted by molar-refractivity contribution is 0.0101. The van der Waals surface area contributed by atoms with E-state index in [9.17, 15) is 19.8 Å². The van der Waals surface area contributed by atoms with Gasteiger partial charge in [0.05, 0.1) is 18.0 Å². The van der Waals surface area contributed by atoms with E-state index >= 15 is 0 Å². The Kier molecular flexibility index (Phi) is 3.62. The van der Waals surface area contributed by atoms with Gasteiger partial charge < -0.3 is 15.3 Å². The summed E-state index contributed by atoms with van der Waals surface area (Å²) < 4.78 is 1.17. The first-order chi connectivity index (χ1) is 8.45. The number of aromatic nitrogens is 2. The van der Waals surface area contributed by atoms with E-state index < -0.39 is 34.1 Å². The summed E-state index contributed by atoms with van der Waals surface area (Å²) >= 11 is 1.10. The highest BCUT2D eigenvalue weighted by Gasteiger charge is 2.43. The molecule has 100 valence electrons. The van der Waals surface area contributed by atoms with Crippen LogP contribution < -0.4 is 11.2 Å². The summed E-state index contributed by atoms with van der Waals surface area (Å²) in [6, 6.07) is 0. The SMILES string of the molecule is Cc1cn([C@@H]2S[C@@H](CO)[C@H](O)[C@H]2O)c(=O)[nH]c1=O. The van der Waals surface area contributed by atoms with Gasteiger partial charge in [-0.1, -0.05) is 0 Å². The lowest BCUT2D eigenvalue weighted by Crippen LogP contribution is -2.38. The van der Waals surface area contributed by atoms with Crippen LogP contribution in [0.4, 0.5) is 0 Å². The highest BCUT2D eigenvalue weighted by atomic mass is 32.2. The molecule has 18 heavy (non-hydrogen) atoms. The van der Waals surface area contributed by atoms with Crippen molar-refractivity contribution in [1.82, 2.24) is 9.55 Å². The third-order valence-electron chi connectivity index (χ3n) is 2.94. The molecule has 7 nitrogen and oxygen atoms in total. The monoisotopic (exact) mass is 274 g/mol. The number of thioether (sulfide) groups is 1.